The highest BCUT2D eigenvalue weighted by molar-refractivity contribution is 7.96. The number of pyridine rings is 1. The van der Waals surface area contributed by atoms with E-state index < -0.39 is 15.9 Å². The largest absolute Gasteiger partial charge is 0.593 e. The van der Waals surface area contributed by atoms with Crippen molar-refractivity contribution in [1.82, 2.24) is 14.6 Å². The summed E-state index contributed by atoms with van der Waals surface area (Å²) in [4.78, 5) is 19.0. The number of fused-ring (bicyclic) bond motifs is 1. The Bertz CT molecular complexity index is 936. The van der Waals surface area contributed by atoms with E-state index in [1.54, 1.807) is 48.5 Å². The van der Waals surface area contributed by atoms with Crippen LogP contribution >= 0.6 is 0 Å². The number of hydrogen-bond donors (Lipinski definition) is 2. The molecule has 2 aliphatic heterocycles. The number of ether oxygens (including phenoxy) is 1. The predicted molar refractivity (Wildman–Crippen MR) is 104 cm³/mol. The smallest absolute Gasteiger partial charge is 0.253 e. The maximum Gasteiger partial charge on any atom is 0.253 e. The fourth-order valence-electron chi connectivity index (χ4n) is 3.82. The first kappa shape index (κ1) is 18.9. The van der Waals surface area contributed by atoms with Gasteiger partial charge in [0.2, 0.25) is 4.90 Å². The number of carbonyl (C=O) groups excluding carboxylic acids is 1. The molecule has 9 heteroatoms. The van der Waals surface area contributed by atoms with E-state index in [9.17, 15) is 13.6 Å². The van der Waals surface area contributed by atoms with Crippen molar-refractivity contribution in [3.05, 3.63) is 48.2 Å². The lowest BCUT2D eigenvalue weighted by Gasteiger charge is -2.42. The third-order valence-electron chi connectivity index (χ3n) is 5.21. The fourth-order valence-corrected chi connectivity index (χ4v) is 5.37. The molecular weight excluding hydrogens is 380 g/mol. The highest BCUT2D eigenvalue weighted by atomic mass is 32.3. The minimum absolute atomic E-state index is 0.124. The van der Waals surface area contributed by atoms with Crippen molar-refractivity contribution in [3.63, 3.8) is 0 Å². The summed E-state index contributed by atoms with van der Waals surface area (Å²) < 4.78 is 33.7. The number of nitrogens with one attached hydrogen (secondary N) is 2. The molecule has 2 atom stereocenters. The number of benzene rings is 1. The molecule has 2 aromatic rings. The van der Waals surface area contributed by atoms with Gasteiger partial charge in [-0.15, -0.1) is 4.72 Å². The highest BCUT2D eigenvalue weighted by Gasteiger charge is 2.46. The third kappa shape index (κ3) is 3.48. The Morgan fingerprint density at radius 1 is 1.32 bits per heavy atom. The van der Waals surface area contributed by atoms with Gasteiger partial charge in [0.15, 0.2) is 16.2 Å². The first-order valence-corrected chi connectivity index (χ1v) is 10.6. The second kappa shape index (κ2) is 7.16. The van der Waals surface area contributed by atoms with Crippen LogP contribution in [-0.2, 0) is 14.6 Å². The molecule has 1 fully saturated rings. The van der Waals surface area contributed by atoms with Gasteiger partial charge in [-0.05, 0) is 43.2 Å². The molecule has 8 nitrogen and oxygen atoms in total. The number of aromatic nitrogens is 1. The Morgan fingerprint density at radius 3 is 2.86 bits per heavy atom. The SMILES string of the molecule is COc1ccc(C(=O)N2CCCC3(CNc4ncccc4[S+](=O)([O-])N3)C2)cc1. The summed E-state index contributed by atoms with van der Waals surface area (Å²) in [7, 11) is -2.17. The topological polar surface area (TPSA) is 107 Å². The molecule has 0 radical (unpaired) electrons. The summed E-state index contributed by atoms with van der Waals surface area (Å²) in [6, 6.07) is 10.0. The van der Waals surface area contributed by atoms with Crippen molar-refractivity contribution in [3.8, 4) is 5.75 Å². The van der Waals surface area contributed by atoms with Gasteiger partial charge in [-0.3, -0.25) is 4.79 Å². The molecule has 0 aliphatic carbocycles. The average Bonchev–Trinajstić information content (AvgIpc) is 2.82. The minimum Gasteiger partial charge on any atom is -0.593 e. The van der Waals surface area contributed by atoms with Crippen LogP contribution in [-0.4, -0.2) is 52.6 Å². The Morgan fingerprint density at radius 2 is 2.11 bits per heavy atom. The van der Waals surface area contributed by atoms with E-state index in [0.717, 1.165) is 0 Å². The normalized spacial score (nSPS) is 26.9. The minimum atomic E-state index is -3.74. The van der Waals surface area contributed by atoms with E-state index in [0.29, 0.717) is 43.1 Å². The predicted octanol–water partition coefficient (Wildman–Crippen LogP) is 1.68. The van der Waals surface area contributed by atoms with Crippen LogP contribution in [0, 0.1) is 0 Å². The van der Waals surface area contributed by atoms with Crippen LogP contribution < -0.4 is 14.8 Å². The number of anilines is 1. The van der Waals surface area contributed by atoms with Crippen molar-refractivity contribution >= 4 is 22.1 Å². The van der Waals surface area contributed by atoms with E-state index in [2.05, 4.69) is 15.0 Å². The summed E-state index contributed by atoms with van der Waals surface area (Å²) in [5, 5.41) is 3.15. The van der Waals surface area contributed by atoms with Gasteiger partial charge in [0, 0.05) is 37.5 Å². The van der Waals surface area contributed by atoms with Crippen molar-refractivity contribution in [2.45, 2.75) is 23.3 Å². The number of amides is 1. The van der Waals surface area contributed by atoms with Gasteiger partial charge in [-0.1, -0.05) is 4.21 Å². The van der Waals surface area contributed by atoms with E-state index in [1.165, 1.54) is 6.07 Å². The second-order valence-electron chi connectivity index (χ2n) is 7.15. The Hall–Kier alpha value is -2.49. The van der Waals surface area contributed by atoms with Crippen molar-refractivity contribution < 1.29 is 18.3 Å². The van der Waals surface area contributed by atoms with Gasteiger partial charge in [-0.2, -0.15) is 0 Å². The molecule has 1 saturated heterocycles. The lowest BCUT2D eigenvalue weighted by atomic mass is 9.89. The molecule has 148 valence electrons. The molecule has 1 amide bonds. The highest BCUT2D eigenvalue weighted by Crippen LogP contribution is 2.32. The van der Waals surface area contributed by atoms with Crippen LogP contribution in [0.5, 0.6) is 5.75 Å². The maximum atomic E-state index is 13.0. The van der Waals surface area contributed by atoms with E-state index in [1.807, 2.05) is 0 Å². The Balaban J connectivity index is 1.57. The second-order valence-corrected chi connectivity index (χ2v) is 8.80. The molecule has 1 aromatic carbocycles. The zero-order chi connectivity index (χ0) is 19.8. The van der Waals surface area contributed by atoms with E-state index in [-0.39, 0.29) is 17.3 Å². The molecule has 0 bridgehead atoms. The van der Waals surface area contributed by atoms with Gasteiger partial charge in [0.1, 0.15) is 5.75 Å². The molecule has 3 heterocycles. The van der Waals surface area contributed by atoms with Crippen LogP contribution in [0.2, 0.25) is 0 Å². The van der Waals surface area contributed by atoms with Crippen molar-refractivity contribution in [2.75, 3.05) is 32.1 Å². The van der Waals surface area contributed by atoms with Gasteiger partial charge >= 0.3 is 0 Å². The fraction of sp³-hybridized carbons (Fsp3) is 0.368. The number of sulfonamides is 1. The number of methoxy groups -OCH3 is 1. The van der Waals surface area contributed by atoms with Gasteiger partial charge < -0.3 is 19.5 Å². The van der Waals surface area contributed by atoms with E-state index in [4.69, 9.17) is 4.74 Å². The molecule has 4 rings (SSSR count). The number of rotatable bonds is 2. The lowest BCUT2D eigenvalue weighted by Crippen LogP contribution is -2.63. The van der Waals surface area contributed by atoms with Gasteiger partial charge in [0.05, 0.1) is 12.6 Å². The molecule has 2 unspecified atom stereocenters. The van der Waals surface area contributed by atoms with Crippen molar-refractivity contribution in [2.24, 2.45) is 0 Å². The molecule has 2 N–H and O–H groups in total. The van der Waals surface area contributed by atoms with Crippen LogP contribution in [0.25, 0.3) is 0 Å². The summed E-state index contributed by atoms with van der Waals surface area (Å²) in [6.45, 7) is 1.24. The summed E-state index contributed by atoms with van der Waals surface area (Å²) >= 11 is 0. The number of carbonyl (C=O) groups is 1. The number of piperidine rings is 1. The molecule has 28 heavy (non-hydrogen) atoms. The summed E-state index contributed by atoms with van der Waals surface area (Å²) in [5.74, 6) is 0.893. The number of nitrogens with zero attached hydrogens (tertiary/aromatic N) is 2. The van der Waals surface area contributed by atoms with Crippen LogP contribution in [0.3, 0.4) is 0 Å². The average molecular weight is 402 g/mol. The van der Waals surface area contributed by atoms with Crippen molar-refractivity contribution in [1.29, 1.82) is 0 Å². The number of hydrogen-bond acceptors (Lipinski definition) is 6. The molecule has 0 saturated carbocycles. The van der Waals surface area contributed by atoms with Crippen LogP contribution in [0.1, 0.15) is 23.2 Å². The summed E-state index contributed by atoms with van der Waals surface area (Å²) in [6.07, 6.45) is 2.90. The lowest BCUT2D eigenvalue weighted by molar-refractivity contribution is 0.0636. The van der Waals surface area contributed by atoms with Gasteiger partial charge in [-0.25, -0.2) is 4.98 Å². The van der Waals surface area contributed by atoms with Gasteiger partial charge in [0.25, 0.3) is 5.91 Å². The maximum absolute atomic E-state index is 13.0. The van der Waals surface area contributed by atoms with Crippen LogP contribution in [0.15, 0.2) is 47.5 Å². The molecule has 1 spiro atoms. The quantitative estimate of drug-likeness (QED) is 0.741. The zero-order valence-electron chi connectivity index (χ0n) is 15.5. The monoisotopic (exact) mass is 402 g/mol. The first-order chi connectivity index (χ1) is 13.4. The van der Waals surface area contributed by atoms with Crippen LogP contribution in [0.4, 0.5) is 5.82 Å². The Kier molecular flexibility index (Phi) is 4.82. The molecular formula is C19H22N4O4S. The third-order valence-corrected chi connectivity index (χ3v) is 6.82. The standard InChI is InChI=1S/C19H22N4O4S/c1-27-15-7-5-14(6-8-15)18(24)23-11-3-9-19(13-23)12-21-17-16(4-2-10-20-17)28(25,26)22-19/h2,4-8,10H,3,9,11-13H2,1H3,(H2-,20,21,22,25,26). The molecule has 2 aliphatic rings. The molecule has 1 aromatic heterocycles. The number of likely N-dealkylation sites (tertiary alicyclic amines) is 1. The summed E-state index contributed by atoms with van der Waals surface area (Å²) in [5.41, 5.74) is -0.229. The first-order valence-electron chi connectivity index (χ1n) is 9.09. The van der Waals surface area contributed by atoms with E-state index >= 15 is 0 Å². The Labute approximate surface area is 164 Å². The zero-order valence-corrected chi connectivity index (χ0v) is 16.3.